The van der Waals surface area contributed by atoms with Gasteiger partial charge in [-0.15, -0.1) is 11.8 Å². The molecule has 9 heteroatoms. The van der Waals surface area contributed by atoms with E-state index in [1.807, 2.05) is 60.7 Å². The fourth-order valence-corrected chi connectivity index (χ4v) is 5.06. The minimum absolute atomic E-state index is 0.150. The average Bonchev–Trinajstić information content (AvgIpc) is 3.00. The van der Waals surface area contributed by atoms with Gasteiger partial charge in [0, 0.05) is 35.1 Å². The highest BCUT2D eigenvalue weighted by Crippen LogP contribution is 2.43. The minimum Gasteiger partial charge on any atom is -0.497 e. The molecule has 0 bridgehead atoms. The van der Waals surface area contributed by atoms with Crippen molar-refractivity contribution in [3.63, 3.8) is 0 Å². The number of aromatic nitrogens is 1. The number of ether oxygens (including phenoxy) is 4. The molecule has 1 heterocycles. The first-order valence-electron chi connectivity index (χ1n) is 12.4. The molecule has 0 aliphatic carbocycles. The summed E-state index contributed by atoms with van der Waals surface area (Å²) in [6.45, 7) is 0. The van der Waals surface area contributed by atoms with Crippen LogP contribution in [0.15, 0.2) is 77.8 Å². The zero-order valence-corrected chi connectivity index (χ0v) is 23.5. The Morgan fingerprint density at radius 2 is 1.60 bits per heavy atom. The molecule has 4 rings (SSSR count). The predicted molar refractivity (Wildman–Crippen MR) is 156 cm³/mol. The van der Waals surface area contributed by atoms with E-state index in [4.69, 9.17) is 23.9 Å². The van der Waals surface area contributed by atoms with E-state index in [-0.39, 0.29) is 12.3 Å². The molecule has 4 aromatic rings. The summed E-state index contributed by atoms with van der Waals surface area (Å²) in [5.74, 6) is 2.34. The van der Waals surface area contributed by atoms with Crippen molar-refractivity contribution >= 4 is 23.4 Å². The number of nitrogens with one attached hydrogen (secondary N) is 1. The number of benzene rings is 3. The second kappa shape index (κ2) is 13.4. The Labute approximate surface area is 237 Å². The zero-order valence-electron chi connectivity index (χ0n) is 22.7. The van der Waals surface area contributed by atoms with Crippen LogP contribution in [0.1, 0.15) is 12.0 Å². The smallest absolute Gasteiger partial charge is 0.225 e. The van der Waals surface area contributed by atoms with Gasteiger partial charge in [-0.25, -0.2) is 4.98 Å². The second-order valence-electron chi connectivity index (χ2n) is 8.51. The topological polar surface area (TPSA) is 103 Å². The lowest BCUT2D eigenvalue weighted by atomic mass is 9.98. The fourth-order valence-electron chi connectivity index (χ4n) is 4.12. The Balaban J connectivity index is 1.68. The maximum atomic E-state index is 12.6. The first kappa shape index (κ1) is 28.3. The molecule has 0 saturated heterocycles. The summed E-state index contributed by atoms with van der Waals surface area (Å²) in [6, 6.07) is 24.7. The van der Waals surface area contributed by atoms with Gasteiger partial charge in [-0.05, 0) is 35.9 Å². The van der Waals surface area contributed by atoms with Crippen LogP contribution in [0.2, 0.25) is 0 Å². The van der Waals surface area contributed by atoms with Crippen LogP contribution in [-0.2, 0) is 4.79 Å². The lowest BCUT2D eigenvalue weighted by Gasteiger charge is -2.16. The highest BCUT2D eigenvalue weighted by molar-refractivity contribution is 7.99. The van der Waals surface area contributed by atoms with Crippen LogP contribution in [0.3, 0.4) is 0 Å². The van der Waals surface area contributed by atoms with Crippen LogP contribution in [0.25, 0.3) is 22.4 Å². The van der Waals surface area contributed by atoms with Crippen molar-refractivity contribution in [3.05, 3.63) is 78.4 Å². The standard InChI is InChI=1S/C31H29N3O5S/c1-36-23-12-8-11-22(17-23)33-29(35)13-14-40-31-25(19-32)24(18-26(34-31)20-9-6-5-7-10-20)21-15-27(37-2)30(39-4)28(16-21)38-3/h5-12,15-18H,13-14H2,1-4H3,(H,33,35). The first-order valence-corrected chi connectivity index (χ1v) is 13.4. The summed E-state index contributed by atoms with van der Waals surface area (Å²) in [4.78, 5) is 17.5. The Bertz CT molecular complexity index is 1510. The molecular formula is C31H29N3O5S. The molecule has 40 heavy (non-hydrogen) atoms. The van der Waals surface area contributed by atoms with Gasteiger partial charge in [-0.3, -0.25) is 4.79 Å². The molecule has 0 aliphatic rings. The van der Waals surface area contributed by atoms with Crippen molar-refractivity contribution in [3.8, 4) is 51.5 Å². The van der Waals surface area contributed by atoms with Crippen molar-refractivity contribution in [1.29, 1.82) is 5.26 Å². The summed E-state index contributed by atoms with van der Waals surface area (Å²) in [6.07, 6.45) is 0.226. The van der Waals surface area contributed by atoms with Gasteiger partial charge in [0.1, 0.15) is 16.8 Å². The number of thioether (sulfide) groups is 1. The van der Waals surface area contributed by atoms with Gasteiger partial charge in [0.25, 0.3) is 0 Å². The van der Waals surface area contributed by atoms with Gasteiger partial charge >= 0.3 is 0 Å². The molecule has 0 atom stereocenters. The average molecular weight is 556 g/mol. The highest BCUT2D eigenvalue weighted by Gasteiger charge is 2.20. The van der Waals surface area contributed by atoms with Gasteiger partial charge in [-0.1, -0.05) is 36.4 Å². The van der Waals surface area contributed by atoms with Crippen LogP contribution in [0, 0.1) is 11.3 Å². The Kier molecular flexibility index (Phi) is 9.49. The van der Waals surface area contributed by atoms with Gasteiger partial charge < -0.3 is 24.3 Å². The maximum absolute atomic E-state index is 12.6. The number of rotatable bonds is 11. The van der Waals surface area contributed by atoms with E-state index in [1.165, 1.54) is 11.8 Å². The molecule has 204 valence electrons. The molecule has 1 N–H and O–H groups in total. The summed E-state index contributed by atoms with van der Waals surface area (Å²) >= 11 is 1.36. The molecule has 0 radical (unpaired) electrons. The largest absolute Gasteiger partial charge is 0.497 e. The molecule has 3 aromatic carbocycles. The van der Waals surface area contributed by atoms with Crippen LogP contribution >= 0.6 is 11.8 Å². The number of nitrogens with zero attached hydrogens (tertiary/aromatic N) is 2. The summed E-state index contributed by atoms with van der Waals surface area (Å²) in [5, 5.41) is 13.7. The van der Waals surface area contributed by atoms with Crippen molar-refractivity contribution in [2.75, 3.05) is 39.5 Å². The fraction of sp³-hybridized carbons (Fsp3) is 0.194. The predicted octanol–water partition coefficient (Wildman–Crippen LogP) is 6.44. The van der Waals surface area contributed by atoms with Crippen LogP contribution in [0.4, 0.5) is 5.69 Å². The number of anilines is 1. The molecule has 0 aliphatic heterocycles. The molecule has 0 fully saturated rings. The molecule has 8 nitrogen and oxygen atoms in total. The number of pyridine rings is 1. The van der Waals surface area contributed by atoms with Crippen molar-refractivity contribution in [2.45, 2.75) is 11.4 Å². The van der Waals surface area contributed by atoms with Gasteiger partial charge in [0.15, 0.2) is 11.5 Å². The van der Waals surface area contributed by atoms with Crippen LogP contribution in [-0.4, -0.2) is 45.1 Å². The monoisotopic (exact) mass is 555 g/mol. The van der Waals surface area contributed by atoms with E-state index < -0.39 is 0 Å². The van der Waals surface area contributed by atoms with Crippen LogP contribution in [0.5, 0.6) is 23.0 Å². The number of methoxy groups -OCH3 is 4. The lowest BCUT2D eigenvalue weighted by molar-refractivity contribution is -0.115. The molecule has 0 spiro atoms. The quantitative estimate of drug-likeness (QED) is 0.211. The summed E-state index contributed by atoms with van der Waals surface area (Å²) in [5.41, 5.74) is 4.03. The van der Waals surface area contributed by atoms with E-state index in [0.29, 0.717) is 61.8 Å². The number of amides is 1. The van der Waals surface area contributed by atoms with E-state index >= 15 is 0 Å². The third-order valence-electron chi connectivity index (χ3n) is 6.06. The molecule has 1 aromatic heterocycles. The van der Waals surface area contributed by atoms with Crippen LogP contribution < -0.4 is 24.3 Å². The number of hydrogen-bond donors (Lipinski definition) is 1. The number of carbonyl (C=O) groups is 1. The Morgan fingerprint density at radius 1 is 0.875 bits per heavy atom. The molecular weight excluding hydrogens is 526 g/mol. The van der Waals surface area contributed by atoms with E-state index in [1.54, 1.807) is 40.6 Å². The number of carbonyl (C=O) groups excluding carboxylic acids is 1. The van der Waals surface area contributed by atoms with Crippen molar-refractivity contribution in [1.82, 2.24) is 4.98 Å². The molecule has 0 unspecified atom stereocenters. The van der Waals surface area contributed by atoms with Crippen molar-refractivity contribution in [2.24, 2.45) is 0 Å². The Hall–Kier alpha value is -4.68. The van der Waals surface area contributed by atoms with E-state index in [2.05, 4.69) is 11.4 Å². The normalized spacial score (nSPS) is 10.4. The van der Waals surface area contributed by atoms with Crippen molar-refractivity contribution < 1.29 is 23.7 Å². The maximum Gasteiger partial charge on any atom is 0.225 e. The van der Waals surface area contributed by atoms with E-state index in [9.17, 15) is 10.1 Å². The zero-order chi connectivity index (χ0) is 28.5. The minimum atomic E-state index is -0.150. The SMILES string of the molecule is COc1cccc(NC(=O)CCSc2nc(-c3ccccc3)cc(-c3cc(OC)c(OC)c(OC)c3)c2C#N)c1. The lowest BCUT2D eigenvalue weighted by Crippen LogP contribution is -2.12. The first-order chi connectivity index (χ1) is 19.5. The third kappa shape index (κ3) is 6.47. The third-order valence-corrected chi connectivity index (χ3v) is 7.04. The van der Waals surface area contributed by atoms with E-state index in [0.717, 1.165) is 5.56 Å². The van der Waals surface area contributed by atoms with Gasteiger partial charge in [-0.2, -0.15) is 5.26 Å². The molecule has 0 saturated carbocycles. The van der Waals surface area contributed by atoms with Gasteiger partial charge in [0.2, 0.25) is 11.7 Å². The second-order valence-corrected chi connectivity index (χ2v) is 9.59. The Morgan fingerprint density at radius 3 is 2.23 bits per heavy atom. The number of nitriles is 1. The summed E-state index contributed by atoms with van der Waals surface area (Å²) < 4.78 is 21.8. The highest BCUT2D eigenvalue weighted by atomic mass is 32.2. The van der Waals surface area contributed by atoms with Gasteiger partial charge in [0.05, 0.1) is 39.7 Å². The number of hydrogen-bond acceptors (Lipinski definition) is 8. The molecule has 1 amide bonds. The summed E-state index contributed by atoms with van der Waals surface area (Å²) in [7, 11) is 6.21.